The van der Waals surface area contributed by atoms with Crippen molar-refractivity contribution in [1.82, 2.24) is 4.90 Å². The highest BCUT2D eigenvalue weighted by Crippen LogP contribution is 2.19. The van der Waals surface area contributed by atoms with E-state index in [0.717, 1.165) is 4.90 Å². The van der Waals surface area contributed by atoms with E-state index in [4.69, 9.17) is 5.11 Å². The van der Waals surface area contributed by atoms with E-state index in [-0.39, 0.29) is 12.4 Å². The third-order valence-electron chi connectivity index (χ3n) is 1.70. The molecule has 1 atom stereocenters. The highest BCUT2D eigenvalue weighted by atomic mass is 16.7. The van der Waals surface area contributed by atoms with E-state index in [9.17, 15) is 9.59 Å². The molecule has 0 aromatic heterocycles. The van der Waals surface area contributed by atoms with E-state index in [0.29, 0.717) is 0 Å². The summed E-state index contributed by atoms with van der Waals surface area (Å²) in [7, 11) is 0. The molecule has 1 saturated heterocycles. The summed E-state index contributed by atoms with van der Waals surface area (Å²) in [6.45, 7) is 6.78. The zero-order valence-electron chi connectivity index (χ0n) is 7.30. The Kier molecular flexibility index (Phi) is 2.76. The summed E-state index contributed by atoms with van der Waals surface area (Å²) in [4.78, 5) is 22.3. The van der Waals surface area contributed by atoms with Gasteiger partial charge in [-0.15, -0.1) is 0 Å². The Morgan fingerprint density at radius 2 is 2.43 bits per heavy atom. The van der Waals surface area contributed by atoms with E-state index in [1.807, 2.05) is 0 Å². The third-order valence-corrected chi connectivity index (χ3v) is 1.70. The van der Waals surface area contributed by atoms with Gasteiger partial charge in [0.1, 0.15) is 18.4 Å². The van der Waals surface area contributed by atoms with Gasteiger partial charge in [-0.25, -0.2) is 9.59 Å². The second kappa shape index (κ2) is 3.82. The van der Waals surface area contributed by atoms with E-state index in [1.165, 1.54) is 6.20 Å². The predicted octanol–water partition coefficient (Wildman–Crippen LogP) is 1.16. The summed E-state index contributed by atoms with van der Waals surface area (Å²) in [5.41, 5.74) is 0. The molecule has 6 heteroatoms. The van der Waals surface area contributed by atoms with Crippen molar-refractivity contribution in [3.63, 3.8) is 0 Å². The normalized spacial score (nSPS) is 20.1. The highest BCUT2D eigenvalue weighted by molar-refractivity contribution is 5.72. The lowest BCUT2D eigenvalue weighted by Crippen LogP contribution is -2.31. The van der Waals surface area contributed by atoms with Crippen molar-refractivity contribution in [2.75, 3.05) is 6.61 Å². The molecule has 76 valence electrons. The zero-order valence-corrected chi connectivity index (χ0v) is 7.30. The Bertz CT molecular complexity index is 298. The molecule has 1 aliphatic rings. The molecule has 1 amide bonds. The number of carbonyl (C=O) groups is 2. The van der Waals surface area contributed by atoms with Gasteiger partial charge in [0.2, 0.25) is 0 Å². The second-order valence-electron chi connectivity index (χ2n) is 2.52. The monoisotopic (exact) mass is 199 g/mol. The van der Waals surface area contributed by atoms with Crippen LogP contribution in [0.2, 0.25) is 0 Å². The fraction of sp³-hybridized carbons (Fsp3) is 0.250. The van der Waals surface area contributed by atoms with Crippen LogP contribution in [0.3, 0.4) is 0 Å². The van der Waals surface area contributed by atoms with E-state index >= 15 is 0 Å². The molecule has 0 bridgehead atoms. The highest BCUT2D eigenvalue weighted by Gasteiger charge is 2.34. The molecule has 6 nitrogen and oxygen atoms in total. The fourth-order valence-electron chi connectivity index (χ4n) is 1.06. The molecule has 0 radical (unpaired) electrons. The standard InChI is InChI=1S/C8H9NO5/c1-3-9-6(4-13-7(9)10)5(2)14-8(11)12/h3,6H,1-2,4H2,(H,11,12). The average Bonchev–Trinajstić information content (AvgIpc) is 2.45. The Morgan fingerprint density at radius 1 is 1.79 bits per heavy atom. The van der Waals surface area contributed by atoms with Gasteiger partial charge in [-0.3, -0.25) is 4.90 Å². The summed E-state index contributed by atoms with van der Waals surface area (Å²) < 4.78 is 8.97. The maximum Gasteiger partial charge on any atom is 0.511 e. The first-order chi connectivity index (χ1) is 6.56. The molecule has 0 saturated carbocycles. The van der Waals surface area contributed by atoms with Crippen molar-refractivity contribution in [3.05, 3.63) is 25.1 Å². The quantitative estimate of drug-likeness (QED) is 0.545. The Morgan fingerprint density at radius 3 is 2.93 bits per heavy atom. The summed E-state index contributed by atoms with van der Waals surface area (Å²) in [6.07, 6.45) is -0.838. The van der Waals surface area contributed by atoms with Crippen molar-refractivity contribution in [2.24, 2.45) is 0 Å². The van der Waals surface area contributed by atoms with Crippen LogP contribution in [0.1, 0.15) is 0 Å². The predicted molar refractivity (Wildman–Crippen MR) is 45.4 cm³/mol. The van der Waals surface area contributed by atoms with Gasteiger partial charge in [-0.1, -0.05) is 13.2 Å². The van der Waals surface area contributed by atoms with Crippen LogP contribution < -0.4 is 0 Å². The molecule has 0 aliphatic carbocycles. The summed E-state index contributed by atoms with van der Waals surface area (Å²) in [5.74, 6) is -0.0664. The number of cyclic esters (lactones) is 1. The van der Waals surface area contributed by atoms with Gasteiger partial charge in [0.15, 0.2) is 0 Å². The fourth-order valence-corrected chi connectivity index (χ4v) is 1.06. The van der Waals surface area contributed by atoms with E-state index in [1.54, 1.807) is 0 Å². The lowest BCUT2D eigenvalue weighted by molar-refractivity contribution is 0.108. The number of hydrogen-bond acceptors (Lipinski definition) is 4. The van der Waals surface area contributed by atoms with Gasteiger partial charge in [0.25, 0.3) is 0 Å². The first kappa shape index (κ1) is 10.1. The van der Waals surface area contributed by atoms with Crippen LogP contribution in [0, 0.1) is 0 Å². The van der Waals surface area contributed by atoms with Gasteiger partial charge in [-0.05, 0) is 0 Å². The number of carboxylic acid groups (broad SMARTS) is 1. The first-order valence-electron chi connectivity index (χ1n) is 3.73. The molecule has 0 spiro atoms. The van der Waals surface area contributed by atoms with Crippen LogP contribution in [0.4, 0.5) is 9.59 Å². The number of hydrogen-bond donors (Lipinski definition) is 1. The maximum absolute atomic E-state index is 11.0. The minimum Gasteiger partial charge on any atom is -0.449 e. The summed E-state index contributed by atoms with van der Waals surface area (Å²) >= 11 is 0. The molecule has 1 fully saturated rings. The number of amides is 1. The minimum atomic E-state index is -1.47. The number of nitrogens with zero attached hydrogens (tertiary/aromatic N) is 1. The average molecular weight is 199 g/mol. The van der Waals surface area contributed by atoms with E-state index in [2.05, 4.69) is 22.6 Å². The molecule has 0 aromatic rings. The Labute approximate surface area is 80.0 Å². The van der Waals surface area contributed by atoms with Crippen LogP contribution in [-0.4, -0.2) is 34.9 Å². The Balaban J connectivity index is 2.68. The molecule has 1 N–H and O–H groups in total. The molecule has 1 heterocycles. The SMILES string of the molecule is C=CN1C(=O)OCC1C(=C)OC(=O)O. The summed E-state index contributed by atoms with van der Waals surface area (Å²) in [6, 6.07) is -0.629. The van der Waals surface area contributed by atoms with Crippen LogP contribution in [-0.2, 0) is 9.47 Å². The molecule has 0 aromatic carbocycles. The molecule has 1 aliphatic heterocycles. The van der Waals surface area contributed by atoms with Crippen molar-refractivity contribution in [3.8, 4) is 0 Å². The number of carbonyl (C=O) groups excluding carboxylic acids is 1. The van der Waals surface area contributed by atoms with Crippen LogP contribution in [0.5, 0.6) is 0 Å². The zero-order chi connectivity index (χ0) is 10.7. The van der Waals surface area contributed by atoms with Crippen molar-refractivity contribution >= 4 is 12.2 Å². The maximum atomic E-state index is 11.0. The van der Waals surface area contributed by atoms with Gasteiger partial charge >= 0.3 is 12.2 Å². The lowest BCUT2D eigenvalue weighted by atomic mass is 10.2. The topological polar surface area (TPSA) is 76.1 Å². The molecule has 1 rings (SSSR count). The lowest BCUT2D eigenvalue weighted by Gasteiger charge is -2.17. The first-order valence-corrected chi connectivity index (χ1v) is 3.73. The third kappa shape index (κ3) is 1.85. The summed E-state index contributed by atoms with van der Waals surface area (Å²) in [5, 5.41) is 8.32. The number of ether oxygens (including phenoxy) is 2. The number of rotatable bonds is 3. The van der Waals surface area contributed by atoms with Crippen molar-refractivity contribution in [1.29, 1.82) is 0 Å². The smallest absolute Gasteiger partial charge is 0.449 e. The van der Waals surface area contributed by atoms with Crippen molar-refractivity contribution < 1.29 is 24.2 Å². The molecule has 1 unspecified atom stereocenters. The van der Waals surface area contributed by atoms with Gasteiger partial charge < -0.3 is 14.6 Å². The van der Waals surface area contributed by atoms with Crippen molar-refractivity contribution in [2.45, 2.75) is 6.04 Å². The Hall–Kier alpha value is -1.98. The molecule has 14 heavy (non-hydrogen) atoms. The molecular weight excluding hydrogens is 190 g/mol. The van der Waals surface area contributed by atoms with E-state index < -0.39 is 18.3 Å². The minimum absolute atomic E-state index is 0.0109. The van der Waals surface area contributed by atoms with Gasteiger partial charge in [0, 0.05) is 6.20 Å². The molecular formula is C8H9NO5. The van der Waals surface area contributed by atoms with Crippen LogP contribution in [0.25, 0.3) is 0 Å². The second-order valence-corrected chi connectivity index (χ2v) is 2.52. The van der Waals surface area contributed by atoms with Gasteiger partial charge in [-0.2, -0.15) is 0 Å². The van der Waals surface area contributed by atoms with Crippen LogP contribution in [0.15, 0.2) is 25.1 Å². The van der Waals surface area contributed by atoms with Crippen LogP contribution >= 0.6 is 0 Å². The van der Waals surface area contributed by atoms with Gasteiger partial charge in [0.05, 0.1) is 0 Å². The largest absolute Gasteiger partial charge is 0.511 e.